The normalized spacial score (nSPS) is 17.5. The van der Waals surface area contributed by atoms with E-state index in [4.69, 9.17) is 4.74 Å². The first-order valence-corrected chi connectivity index (χ1v) is 8.59. The Labute approximate surface area is 146 Å². The van der Waals surface area contributed by atoms with Crippen LogP contribution in [0, 0.1) is 0 Å². The van der Waals surface area contributed by atoms with E-state index in [9.17, 15) is 9.59 Å². The molecule has 6 heteroatoms. The van der Waals surface area contributed by atoms with Crippen molar-refractivity contribution in [1.29, 1.82) is 0 Å². The Morgan fingerprint density at radius 3 is 2.64 bits per heavy atom. The Bertz CT molecular complexity index is 826. The van der Waals surface area contributed by atoms with E-state index in [1.54, 1.807) is 11.1 Å². The average molecular weight is 339 g/mol. The number of hydrogen-bond acceptors (Lipinski definition) is 4. The summed E-state index contributed by atoms with van der Waals surface area (Å²) in [6.45, 7) is 4.29. The van der Waals surface area contributed by atoms with E-state index in [1.807, 2.05) is 18.2 Å². The minimum absolute atomic E-state index is 0.178. The first kappa shape index (κ1) is 16.1. The molecule has 0 radical (unpaired) electrons. The van der Waals surface area contributed by atoms with Crippen molar-refractivity contribution < 1.29 is 9.53 Å². The van der Waals surface area contributed by atoms with Gasteiger partial charge < -0.3 is 14.6 Å². The van der Waals surface area contributed by atoms with Crippen LogP contribution in [0.2, 0.25) is 0 Å². The number of ether oxygens (including phenoxy) is 1. The number of carbonyl (C=O) groups excluding carboxylic acids is 1. The van der Waals surface area contributed by atoms with Gasteiger partial charge in [0.15, 0.2) is 0 Å². The van der Waals surface area contributed by atoms with Gasteiger partial charge in [-0.25, -0.2) is 0 Å². The summed E-state index contributed by atoms with van der Waals surface area (Å²) in [4.78, 5) is 32.0. The maximum absolute atomic E-state index is 12.9. The molecule has 1 fully saturated rings. The predicted octanol–water partition coefficient (Wildman–Crippen LogP) is 1.36. The molecule has 1 saturated heterocycles. The molecule has 0 saturated carbocycles. The Morgan fingerprint density at radius 1 is 1.12 bits per heavy atom. The zero-order valence-electron chi connectivity index (χ0n) is 14.0. The summed E-state index contributed by atoms with van der Waals surface area (Å²) < 4.78 is 5.30. The molecular formula is C19H21N3O3. The molecule has 2 aromatic rings. The van der Waals surface area contributed by atoms with Gasteiger partial charge in [0.25, 0.3) is 11.5 Å². The molecule has 1 aromatic carbocycles. The van der Waals surface area contributed by atoms with Crippen LogP contribution < -0.4 is 5.56 Å². The van der Waals surface area contributed by atoms with Gasteiger partial charge >= 0.3 is 0 Å². The molecule has 3 heterocycles. The molecule has 1 N–H and O–H groups in total. The second-order valence-electron chi connectivity index (χ2n) is 6.53. The van der Waals surface area contributed by atoms with Crippen LogP contribution in [0.25, 0.3) is 0 Å². The van der Waals surface area contributed by atoms with Crippen molar-refractivity contribution in [3.63, 3.8) is 0 Å². The van der Waals surface area contributed by atoms with E-state index in [2.05, 4.69) is 22.0 Å². The Hall–Kier alpha value is -2.44. The molecule has 2 aliphatic rings. The number of morpholine rings is 1. The second kappa shape index (κ2) is 6.82. The van der Waals surface area contributed by atoms with E-state index in [-0.39, 0.29) is 11.5 Å². The molecule has 25 heavy (non-hydrogen) atoms. The van der Waals surface area contributed by atoms with Crippen molar-refractivity contribution in [2.24, 2.45) is 0 Å². The molecule has 0 bridgehead atoms. The number of nitrogens with one attached hydrogen (secondary N) is 1. The fourth-order valence-electron chi connectivity index (χ4n) is 3.56. The van der Waals surface area contributed by atoms with Gasteiger partial charge in [0.1, 0.15) is 5.56 Å². The number of fused-ring (bicyclic) bond motifs is 1. The van der Waals surface area contributed by atoms with E-state index in [0.717, 1.165) is 24.2 Å². The molecule has 0 atom stereocenters. The van der Waals surface area contributed by atoms with Crippen LogP contribution in [0.1, 0.15) is 27.0 Å². The van der Waals surface area contributed by atoms with Crippen LogP contribution in [0.5, 0.6) is 0 Å². The number of benzene rings is 1. The fourth-order valence-corrected chi connectivity index (χ4v) is 3.56. The smallest absolute Gasteiger partial charge is 0.261 e. The number of H-pyrrole nitrogens is 1. The lowest BCUT2D eigenvalue weighted by Gasteiger charge is -2.27. The van der Waals surface area contributed by atoms with Crippen molar-refractivity contribution in [2.75, 3.05) is 26.3 Å². The number of pyridine rings is 1. The number of carbonyl (C=O) groups is 1. The van der Waals surface area contributed by atoms with Crippen molar-refractivity contribution in [3.05, 3.63) is 69.1 Å². The zero-order chi connectivity index (χ0) is 17.2. The van der Waals surface area contributed by atoms with Crippen LogP contribution in [0.3, 0.4) is 0 Å². The minimum Gasteiger partial charge on any atom is -0.378 e. The van der Waals surface area contributed by atoms with Gasteiger partial charge in [-0.15, -0.1) is 0 Å². The predicted molar refractivity (Wildman–Crippen MR) is 93.2 cm³/mol. The largest absolute Gasteiger partial charge is 0.378 e. The summed E-state index contributed by atoms with van der Waals surface area (Å²) in [5.41, 5.74) is 3.14. The number of aromatic amines is 1. The maximum atomic E-state index is 12.9. The summed E-state index contributed by atoms with van der Waals surface area (Å²) in [7, 11) is 0. The van der Waals surface area contributed by atoms with Crippen LogP contribution in [0.4, 0.5) is 0 Å². The zero-order valence-corrected chi connectivity index (χ0v) is 14.0. The maximum Gasteiger partial charge on any atom is 0.261 e. The lowest BCUT2D eigenvalue weighted by molar-refractivity contribution is 0.0300. The quantitative estimate of drug-likeness (QED) is 0.917. The third kappa shape index (κ3) is 3.23. The minimum atomic E-state index is -0.295. The highest BCUT2D eigenvalue weighted by atomic mass is 16.5. The topological polar surface area (TPSA) is 65.6 Å². The highest BCUT2D eigenvalue weighted by Gasteiger charge is 2.30. The average Bonchev–Trinajstić information content (AvgIpc) is 3.05. The third-order valence-corrected chi connectivity index (χ3v) is 4.83. The van der Waals surface area contributed by atoms with Gasteiger partial charge in [0, 0.05) is 38.9 Å². The number of amides is 1. The van der Waals surface area contributed by atoms with E-state index in [1.165, 1.54) is 5.56 Å². The standard InChI is InChI=1S/C19H21N3O3/c23-18-17(19(24)22-6-8-25-9-7-22)16-13-21(12-15(16)10-20-18)11-14-4-2-1-3-5-14/h1-5,10H,6-9,11-13H2,(H,20,23). The first-order chi connectivity index (χ1) is 12.2. The van der Waals surface area contributed by atoms with E-state index >= 15 is 0 Å². The molecule has 0 spiro atoms. The summed E-state index contributed by atoms with van der Waals surface area (Å²) in [6.07, 6.45) is 1.75. The van der Waals surface area contributed by atoms with Gasteiger partial charge in [0.2, 0.25) is 0 Å². The molecule has 130 valence electrons. The van der Waals surface area contributed by atoms with E-state index in [0.29, 0.717) is 38.4 Å². The number of aromatic nitrogens is 1. The van der Waals surface area contributed by atoms with Crippen LogP contribution in [0.15, 0.2) is 41.3 Å². The van der Waals surface area contributed by atoms with Gasteiger partial charge in [-0.3, -0.25) is 14.5 Å². The van der Waals surface area contributed by atoms with Crippen molar-refractivity contribution in [2.45, 2.75) is 19.6 Å². The summed E-state index contributed by atoms with van der Waals surface area (Å²) >= 11 is 0. The van der Waals surface area contributed by atoms with Crippen LogP contribution >= 0.6 is 0 Å². The second-order valence-corrected chi connectivity index (χ2v) is 6.53. The Morgan fingerprint density at radius 2 is 1.88 bits per heavy atom. The summed E-state index contributed by atoms with van der Waals surface area (Å²) in [6, 6.07) is 10.2. The molecule has 0 unspecified atom stereocenters. The summed E-state index contributed by atoms with van der Waals surface area (Å²) in [5.74, 6) is -0.178. The Kier molecular flexibility index (Phi) is 4.38. The van der Waals surface area contributed by atoms with Crippen molar-refractivity contribution in [3.8, 4) is 0 Å². The lowest BCUT2D eigenvalue weighted by Crippen LogP contribution is -2.43. The van der Waals surface area contributed by atoms with Gasteiger partial charge in [-0.05, 0) is 16.7 Å². The van der Waals surface area contributed by atoms with E-state index < -0.39 is 0 Å². The van der Waals surface area contributed by atoms with Gasteiger partial charge in [-0.2, -0.15) is 0 Å². The molecular weight excluding hydrogens is 318 g/mol. The monoisotopic (exact) mass is 339 g/mol. The number of hydrogen-bond donors (Lipinski definition) is 1. The Balaban J connectivity index is 1.59. The number of nitrogens with zero attached hydrogens (tertiary/aromatic N) is 2. The third-order valence-electron chi connectivity index (χ3n) is 4.83. The molecule has 1 aromatic heterocycles. The molecule has 1 amide bonds. The van der Waals surface area contributed by atoms with Gasteiger partial charge in [-0.1, -0.05) is 30.3 Å². The lowest BCUT2D eigenvalue weighted by atomic mass is 10.1. The molecule has 4 rings (SSSR count). The van der Waals surface area contributed by atoms with Crippen LogP contribution in [-0.2, 0) is 24.4 Å². The highest BCUT2D eigenvalue weighted by molar-refractivity contribution is 5.95. The first-order valence-electron chi connectivity index (χ1n) is 8.59. The number of rotatable bonds is 3. The highest BCUT2D eigenvalue weighted by Crippen LogP contribution is 2.26. The molecule has 6 nitrogen and oxygen atoms in total. The van der Waals surface area contributed by atoms with Gasteiger partial charge in [0.05, 0.1) is 13.2 Å². The van der Waals surface area contributed by atoms with Crippen LogP contribution in [-0.4, -0.2) is 47.0 Å². The summed E-state index contributed by atoms with van der Waals surface area (Å²) in [5, 5.41) is 0. The van der Waals surface area contributed by atoms with Crippen molar-refractivity contribution in [1.82, 2.24) is 14.8 Å². The SMILES string of the molecule is O=C(c1c2c(c[nH]c1=O)CN(Cc1ccccc1)C2)N1CCOCC1. The fraction of sp³-hybridized carbons (Fsp3) is 0.368. The molecule has 2 aliphatic heterocycles. The van der Waals surface area contributed by atoms with Crippen molar-refractivity contribution >= 4 is 5.91 Å². The molecule has 0 aliphatic carbocycles.